The van der Waals surface area contributed by atoms with Crippen LogP contribution in [0, 0.1) is 0 Å². The van der Waals surface area contributed by atoms with Crippen molar-refractivity contribution in [3.63, 3.8) is 0 Å². The van der Waals surface area contributed by atoms with Gasteiger partial charge in [-0.3, -0.25) is 4.79 Å². The second-order valence-corrected chi connectivity index (χ2v) is 8.10. The molecule has 1 aromatic carbocycles. The number of fused-ring (bicyclic) bond motifs is 1. The number of benzene rings is 1. The Labute approximate surface area is 166 Å². The van der Waals surface area contributed by atoms with E-state index in [1.807, 2.05) is 0 Å². The molecule has 138 valence electrons. The molecule has 1 N–H and O–H groups in total. The van der Waals surface area contributed by atoms with Crippen molar-refractivity contribution >= 4 is 51.4 Å². The Hall–Kier alpha value is -1.56. The molecule has 0 spiro atoms. The average Bonchev–Trinajstić information content (AvgIpc) is 2.78. The summed E-state index contributed by atoms with van der Waals surface area (Å²) in [5, 5.41) is 4.31. The maximum atomic E-state index is 12.6. The van der Waals surface area contributed by atoms with Crippen LogP contribution in [0.25, 0.3) is 0 Å². The molecule has 2 aromatic rings. The number of rotatable bonds is 4. The van der Waals surface area contributed by atoms with E-state index in [9.17, 15) is 9.59 Å². The van der Waals surface area contributed by atoms with E-state index in [-0.39, 0.29) is 12.3 Å². The van der Waals surface area contributed by atoms with Crippen molar-refractivity contribution in [1.82, 2.24) is 0 Å². The number of anilines is 1. The summed E-state index contributed by atoms with van der Waals surface area (Å²) in [6, 6.07) is 5.13. The molecule has 7 heteroatoms. The third kappa shape index (κ3) is 4.05. The molecule has 0 fully saturated rings. The first kappa shape index (κ1) is 19.2. The molecule has 0 unspecified atom stereocenters. The van der Waals surface area contributed by atoms with Crippen LogP contribution in [0.5, 0.6) is 0 Å². The quantitative estimate of drug-likeness (QED) is 0.548. The van der Waals surface area contributed by atoms with Gasteiger partial charge in [-0.1, -0.05) is 35.7 Å². The Morgan fingerprint density at radius 1 is 1.15 bits per heavy atom. The molecule has 1 aliphatic carbocycles. The highest BCUT2D eigenvalue weighted by Gasteiger charge is 2.26. The summed E-state index contributed by atoms with van der Waals surface area (Å²) in [6.07, 6.45) is 5.09. The van der Waals surface area contributed by atoms with Gasteiger partial charge >= 0.3 is 5.97 Å². The van der Waals surface area contributed by atoms with Crippen molar-refractivity contribution in [2.75, 3.05) is 12.4 Å². The van der Waals surface area contributed by atoms with E-state index in [0.29, 0.717) is 26.2 Å². The van der Waals surface area contributed by atoms with Gasteiger partial charge in [-0.15, -0.1) is 11.3 Å². The SMILES string of the molecule is COC(=O)c1c(NC(=O)Cc2c(Cl)cccc2Cl)sc2c1CCCCC2. The number of hydrogen-bond acceptors (Lipinski definition) is 4. The summed E-state index contributed by atoms with van der Waals surface area (Å²) in [5.74, 6) is -0.669. The maximum Gasteiger partial charge on any atom is 0.341 e. The van der Waals surface area contributed by atoms with E-state index < -0.39 is 5.97 Å². The zero-order valence-corrected chi connectivity index (χ0v) is 16.7. The summed E-state index contributed by atoms with van der Waals surface area (Å²) >= 11 is 13.8. The lowest BCUT2D eigenvalue weighted by molar-refractivity contribution is -0.115. The highest BCUT2D eigenvalue weighted by atomic mass is 35.5. The molecule has 3 rings (SSSR count). The van der Waals surface area contributed by atoms with Crippen molar-refractivity contribution in [1.29, 1.82) is 0 Å². The van der Waals surface area contributed by atoms with Gasteiger partial charge in [0.25, 0.3) is 0 Å². The van der Waals surface area contributed by atoms with E-state index in [1.54, 1.807) is 18.2 Å². The van der Waals surface area contributed by atoms with E-state index >= 15 is 0 Å². The molecular formula is C19H19Cl2NO3S. The molecule has 1 heterocycles. The van der Waals surface area contributed by atoms with Gasteiger partial charge in [-0.05, 0) is 48.9 Å². The van der Waals surface area contributed by atoms with Gasteiger partial charge in [0.15, 0.2) is 0 Å². The number of ether oxygens (including phenoxy) is 1. The summed E-state index contributed by atoms with van der Waals surface area (Å²) in [6.45, 7) is 0. The zero-order chi connectivity index (χ0) is 18.7. The van der Waals surface area contributed by atoms with Gasteiger partial charge in [-0.2, -0.15) is 0 Å². The minimum atomic E-state index is -0.407. The molecule has 26 heavy (non-hydrogen) atoms. The van der Waals surface area contributed by atoms with Crippen LogP contribution in [0.4, 0.5) is 5.00 Å². The summed E-state index contributed by atoms with van der Waals surface area (Å²) in [5.41, 5.74) is 2.09. The minimum absolute atomic E-state index is 0.0433. The van der Waals surface area contributed by atoms with Gasteiger partial charge in [0.2, 0.25) is 5.91 Å². The molecule has 1 amide bonds. The van der Waals surface area contributed by atoms with Crippen LogP contribution in [0.15, 0.2) is 18.2 Å². The fourth-order valence-electron chi connectivity index (χ4n) is 3.18. The summed E-state index contributed by atoms with van der Waals surface area (Å²) in [4.78, 5) is 26.0. The maximum absolute atomic E-state index is 12.6. The average molecular weight is 412 g/mol. The van der Waals surface area contributed by atoms with Gasteiger partial charge in [0.1, 0.15) is 5.00 Å². The number of amides is 1. The number of hydrogen-bond donors (Lipinski definition) is 1. The predicted octanol–water partition coefficient (Wildman–Crippen LogP) is 5.29. The van der Waals surface area contributed by atoms with Gasteiger partial charge < -0.3 is 10.1 Å². The first-order valence-electron chi connectivity index (χ1n) is 8.47. The van der Waals surface area contributed by atoms with Crippen molar-refractivity contribution < 1.29 is 14.3 Å². The molecule has 0 radical (unpaired) electrons. The third-order valence-electron chi connectivity index (χ3n) is 4.46. The smallest absolute Gasteiger partial charge is 0.341 e. The minimum Gasteiger partial charge on any atom is -0.465 e. The standard InChI is InChI=1S/C19H19Cl2NO3S/c1-25-19(24)17-11-6-3-2-4-9-15(11)26-18(17)22-16(23)10-12-13(20)7-5-8-14(12)21/h5,7-8H,2-4,6,9-10H2,1H3,(H,22,23). The van der Waals surface area contributed by atoms with Crippen LogP contribution in [-0.2, 0) is 28.8 Å². The van der Waals surface area contributed by atoms with Crippen LogP contribution in [0.3, 0.4) is 0 Å². The predicted molar refractivity (Wildman–Crippen MR) is 106 cm³/mol. The van der Waals surface area contributed by atoms with E-state index in [0.717, 1.165) is 42.5 Å². The normalized spacial score (nSPS) is 13.7. The lowest BCUT2D eigenvalue weighted by Gasteiger charge is -2.09. The van der Waals surface area contributed by atoms with Crippen molar-refractivity contribution in [2.24, 2.45) is 0 Å². The van der Waals surface area contributed by atoms with Crippen LogP contribution >= 0.6 is 34.5 Å². The number of aryl methyl sites for hydroxylation is 1. The van der Waals surface area contributed by atoms with Gasteiger partial charge in [-0.25, -0.2) is 4.79 Å². The third-order valence-corrected chi connectivity index (χ3v) is 6.38. The molecule has 0 saturated carbocycles. The fourth-order valence-corrected chi connectivity index (χ4v) is 5.01. The first-order valence-corrected chi connectivity index (χ1v) is 10.0. The summed E-state index contributed by atoms with van der Waals surface area (Å²) < 4.78 is 4.95. The fraction of sp³-hybridized carbons (Fsp3) is 0.368. The summed E-state index contributed by atoms with van der Waals surface area (Å²) in [7, 11) is 1.36. The number of halogens is 2. The molecule has 1 aliphatic rings. The van der Waals surface area contributed by atoms with Gasteiger partial charge in [0.05, 0.1) is 19.1 Å². The Bertz CT molecular complexity index is 827. The molecule has 0 saturated heterocycles. The van der Waals surface area contributed by atoms with Crippen LogP contribution in [0.1, 0.15) is 45.6 Å². The highest BCUT2D eigenvalue weighted by Crippen LogP contribution is 2.38. The topological polar surface area (TPSA) is 55.4 Å². The lowest BCUT2D eigenvalue weighted by atomic mass is 10.1. The number of methoxy groups -OCH3 is 1. The number of thiophene rings is 1. The molecule has 1 aromatic heterocycles. The van der Waals surface area contributed by atoms with E-state index in [1.165, 1.54) is 18.4 Å². The highest BCUT2D eigenvalue weighted by molar-refractivity contribution is 7.17. The second-order valence-electron chi connectivity index (χ2n) is 6.19. The van der Waals surface area contributed by atoms with Crippen LogP contribution < -0.4 is 5.32 Å². The first-order chi connectivity index (χ1) is 12.5. The molecule has 4 nitrogen and oxygen atoms in total. The number of carbonyl (C=O) groups is 2. The van der Waals surface area contributed by atoms with E-state index in [2.05, 4.69) is 5.32 Å². The Balaban J connectivity index is 1.87. The molecule has 0 bridgehead atoms. The zero-order valence-electron chi connectivity index (χ0n) is 14.4. The van der Waals surface area contributed by atoms with E-state index in [4.69, 9.17) is 27.9 Å². The Kier molecular flexibility index (Phi) is 6.22. The Morgan fingerprint density at radius 2 is 1.85 bits per heavy atom. The van der Waals surface area contributed by atoms with Crippen LogP contribution in [0.2, 0.25) is 10.0 Å². The van der Waals surface area contributed by atoms with Gasteiger partial charge in [0, 0.05) is 14.9 Å². The van der Waals surface area contributed by atoms with Crippen LogP contribution in [-0.4, -0.2) is 19.0 Å². The lowest BCUT2D eigenvalue weighted by Crippen LogP contribution is -2.17. The monoisotopic (exact) mass is 411 g/mol. The molecule has 0 aliphatic heterocycles. The number of nitrogens with one attached hydrogen (secondary N) is 1. The Morgan fingerprint density at radius 3 is 2.54 bits per heavy atom. The molecular weight excluding hydrogens is 393 g/mol. The number of esters is 1. The second kappa shape index (κ2) is 8.42. The largest absolute Gasteiger partial charge is 0.465 e. The van der Waals surface area contributed by atoms with Crippen molar-refractivity contribution in [3.05, 3.63) is 49.8 Å². The number of carbonyl (C=O) groups excluding carboxylic acids is 2. The van der Waals surface area contributed by atoms with Crippen molar-refractivity contribution in [2.45, 2.75) is 38.5 Å². The van der Waals surface area contributed by atoms with Crippen molar-refractivity contribution in [3.8, 4) is 0 Å². The molecule has 0 atom stereocenters.